The van der Waals surface area contributed by atoms with Crippen LogP contribution in [0.15, 0.2) is 24.5 Å². The largest absolute Gasteiger partial charge is 0.471 e. The van der Waals surface area contributed by atoms with Crippen LogP contribution in [0.1, 0.15) is 6.42 Å². The number of aliphatic hydroxyl groups is 5. The van der Waals surface area contributed by atoms with E-state index in [0.717, 1.165) is 6.26 Å². The fourth-order valence-corrected chi connectivity index (χ4v) is 3.36. The van der Waals surface area contributed by atoms with Gasteiger partial charge in [0.2, 0.25) is 6.29 Å². The second-order valence-electron chi connectivity index (χ2n) is 6.44. The van der Waals surface area contributed by atoms with Gasteiger partial charge in [-0.2, -0.15) is 0 Å². The van der Waals surface area contributed by atoms with Gasteiger partial charge in [0, 0.05) is 6.42 Å². The number of rotatable bonds is 4. The third-order valence-corrected chi connectivity index (χ3v) is 4.94. The number of hydrogen-bond donors (Lipinski definition) is 5. The fraction of sp³-hybridized carbons (Fsp3) is 0.688. The Morgan fingerprint density at radius 1 is 1.27 bits per heavy atom. The number of aliphatic hydroxyl groups excluding tert-OH is 4. The summed E-state index contributed by atoms with van der Waals surface area (Å²) in [4.78, 5) is 11.8. The maximum absolute atomic E-state index is 11.8. The summed E-state index contributed by atoms with van der Waals surface area (Å²) in [7, 11) is 0. The van der Waals surface area contributed by atoms with Crippen molar-refractivity contribution in [1.29, 1.82) is 0 Å². The van der Waals surface area contributed by atoms with E-state index in [0.29, 0.717) is 0 Å². The van der Waals surface area contributed by atoms with E-state index in [2.05, 4.69) is 6.58 Å². The van der Waals surface area contributed by atoms with Gasteiger partial charge in [-0.25, -0.2) is 4.79 Å². The predicted octanol–water partition coefficient (Wildman–Crippen LogP) is -2.48. The zero-order valence-electron chi connectivity index (χ0n) is 13.8. The van der Waals surface area contributed by atoms with E-state index in [1.807, 2.05) is 0 Å². The molecule has 146 valence electrons. The zero-order chi connectivity index (χ0) is 19.1. The molecule has 0 saturated carbocycles. The van der Waals surface area contributed by atoms with Gasteiger partial charge in [0.25, 0.3) is 0 Å². The van der Waals surface area contributed by atoms with E-state index < -0.39 is 61.1 Å². The van der Waals surface area contributed by atoms with Crippen LogP contribution in [0, 0.1) is 5.92 Å². The lowest BCUT2D eigenvalue weighted by Crippen LogP contribution is -2.61. The minimum Gasteiger partial charge on any atom is -0.471 e. The van der Waals surface area contributed by atoms with Gasteiger partial charge in [-0.1, -0.05) is 6.08 Å². The highest BCUT2D eigenvalue weighted by Gasteiger charge is 2.54. The van der Waals surface area contributed by atoms with Gasteiger partial charge in [-0.3, -0.25) is 0 Å². The lowest BCUT2D eigenvalue weighted by molar-refractivity contribution is -0.344. The van der Waals surface area contributed by atoms with Gasteiger partial charge >= 0.3 is 5.97 Å². The van der Waals surface area contributed by atoms with E-state index in [1.54, 1.807) is 0 Å². The van der Waals surface area contributed by atoms with Crippen molar-refractivity contribution in [3.8, 4) is 0 Å². The quantitative estimate of drug-likeness (QED) is 0.264. The van der Waals surface area contributed by atoms with Gasteiger partial charge in [0.05, 0.1) is 25.4 Å². The van der Waals surface area contributed by atoms with Crippen molar-refractivity contribution in [2.45, 2.75) is 49.0 Å². The standard InChI is InChI=1S/C16H22O10/c1-2-7-14(24-6-8-13(21)23-4-3-16(7,8)22)26-15-12(20)11(19)10(18)9(5-17)25-15/h2,6-7,9-12,14-15,17-20,22H,1,3-5H2/t7-,9-,10-,11+,12-,14+,15+,16-/m1/s1. The van der Waals surface area contributed by atoms with Gasteiger partial charge in [-0.15, -0.1) is 6.58 Å². The van der Waals surface area contributed by atoms with E-state index in [-0.39, 0.29) is 18.6 Å². The molecular formula is C16H22O10. The number of carbonyl (C=O) groups excluding carboxylic acids is 1. The Bertz CT molecular complexity index is 590. The molecule has 0 amide bonds. The maximum atomic E-state index is 11.8. The van der Waals surface area contributed by atoms with E-state index in [4.69, 9.17) is 18.9 Å². The SMILES string of the molecule is C=C[C@@H]1[C@H](O[C@@H]2O[C@H](CO)[C@@H](O)[C@H](O)[C@H]2O)OC=C2C(=O)OCC[C@]21O. The van der Waals surface area contributed by atoms with Gasteiger partial charge < -0.3 is 44.5 Å². The van der Waals surface area contributed by atoms with Crippen LogP contribution >= 0.6 is 0 Å². The van der Waals surface area contributed by atoms with Crippen molar-refractivity contribution in [3.63, 3.8) is 0 Å². The third-order valence-electron chi connectivity index (χ3n) is 4.94. The monoisotopic (exact) mass is 374 g/mol. The predicted molar refractivity (Wildman–Crippen MR) is 82.0 cm³/mol. The molecule has 8 atom stereocenters. The Balaban J connectivity index is 1.81. The number of fused-ring (bicyclic) bond motifs is 1. The highest BCUT2D eigenvalue weighted by atomic mass is 16.8. The molecule has 0 aliphatic carbocycles. The average Bonchev–Trinajstić information content (AvgIpc) is 2.61. The average molecular weight is 374 g/mol. The molecule has 0 bridgehead atoms. The summed E-state index contributed by atoms with van der Waals surface area (Å²) in [6, 6.07) is 0. The summed E-state index contributed by atoms with van der Waals surface area (Å²) in [6.45, 7) is 3.03. The number of cyclic esters (lactones) is 1. The van der Waals surface area contributed by atoms with E-state index >= 15 is 0 Å². The molecule has 3 rings (SSSR count). The normalized spacial score (nSPS) is 45.8. The minimum atomic E-state index is -1.63. The number of hydrogen-bond acceptors (Lipinski definition) is 10. The highest BCUT2D eigenvalue weighted by molar-refractivity contribution is 5.91. The van der Waals surface area contributed by atoms with Crippen molar-refractivity contribution in [3.05, 3.63) is 24.5 Å². The molecular weight excluding hydrogens is 352 g/mol. The minimum absolute atomic E-state index is 0.00375. The van der Waals surface area contributed by atoms with Gasteiger partial charge in [0.15, 0.2) is 6.29 Å². The molecule has 3 heterocycles. The summed E-state index contributed by atoms with van der Waals surface area (Å²) >= 11 is 0. The third kappa shape index (κ3) is 3.03. The molecule has 0 radical (unpaired) electrons. The molecule has 26 heavy (non-hydrogen) atoms. The Kier molecular flexibility index (Phi) is 5.35. The van der Waals surface area contributed by atoms with Gasteiger partial charge in [-0.05, 0) is 0 Å². The Hall–Kier alpha value is -1.53. The molecule has 0 spiro atoms. The van der Waals surface area contributed by atoms with Crippen LogP contribution in [0.4, 0.5) is 0 Å². The second kappa shape index (κ2) is 7.24. The molecule has 10 heteroatoms. The van der Waals surface area contributed by atoms with Crippen LogP contribution < -0.4 is 0 Å². The van der Waals surface area contributed by atoms with Gasteiger partial charge in [0.1, 0.15) is 35.6 Å². The van der Waals surface area contributed by atoms with E-state index in [1.165, 1.54) is 6.08 Å². The van der Waals surface area contributed by atoms with Crippen molar-refractivity contribution in [1.82, 2.24) is 0 Å². The number of esters is 1. The summed E-state index contributed by atoms with van der Waals surface area (Å²) < 4.78 is 21.1. The lowest BCUT2D eigenvalue weighted by atomic mass is 9.76. The van der Waals surface area contributed by atoms with Crippen LogP contribution in [0.25, 0.3) is 0 Å². The summed E-state index contributed by atoms with van der Waals surface area (Å²) in [5, 5.41) is 49.9. The first-order chi connectivity index (χ1) is 12.3. The zero-order valence-corrected chi connectivity index (χ0v) is 13.8. The second-order valence-corrected chi connectivity index (χ2v) is 6.44. The topological polar surface area (TPSA) is 155 Å². The first-order valence-electron chi connectivity index (χ1n) is 8.17. The first-order valence-corrected chi connectivity index (χ1v) is 8.17. The summed E-state index contributed by atoms with van der Waals surface area (Å²) in [5.74, 6) is -1.61. The van der Waals surface area contributed by atoms with Crippen LogP contribution in [0.3, 0.4) is 0 Å². The van der Waals surface area contributed by atoms with Crippen molar-refractivity contribution in [2.24, 2.45) is 5.92 Å². The molecule has 10 nitrogen and oxygen atoms in total. The maximum Gasteiger partial charge on any atom is 0.340 e. The highest BCUT2D eigenvalue weighted by Crippen LogP contribution is 2.42. The van der Waals surface area contributed by atoms with Crippen LogP contribution in [0.5, 0.6) is 0 Å². The molecule has 2 saturated heterocycles. The van der Waals surface area contributed by atoms with Crippen molar-refractivity contribution < 1.29 is 49.3 Å². The van der Waals surface area contributed by atoms with Crippen LogP contribution in [-0.4, -0.2) is 87.3 Å². The summed E-state index contributed by atoms with van der Waals surface area (Å²) in [5.41, 5.74) is -1.70. The van der Waals surface area contributed by atoms with E-state index in [9.17, 15) is 30.3 Å². The molecule has 0 unspecified atom stereocenters. The number of carbonyl (C=O) groups is 1. The van der Waals surface area contributed by atoms with Crippen molar-refractivity contribution in [2.75, 3.05) is 13.2 Å². The molecule has 3 aliphatic heterocycles. The fourth-order valence-electron chi connectivity index (χ4n) is 3.36. The summed E-state index contributed by atoms with van der Waals surface area (Å²) in [6.07, 6.45) is -6.10. The molecule has 5 N–H and O–H groups in total. The Morgan fingerprint density at radius 3 is 2.65 bits per heavy atom. The molecule has 0 aromatic rings. The number of ether oxygens (including phenoxy) is 4. The Morgan fingerprint density at radius 2 is 2.00 bits per heavy atom. The first kappa shape index (κ1) is 19.2. The van der Waals surface area contributed by atoms with Crippen molar-refractivity contribution >= 4 is 5.97 Å². The Labute approximate surface area is 148 Å². The molecule has 0 aromatic carbocycles. The smallest absolute Gasteiger partial charge is 0.340 e. The lowest BCUT2D eigenvalue weighted by Gasteiger charge is -2.46. The molecule has 2 fully saturated rings. The van der Waals surface area contributed by atoms with Crippen LogP contribution in [0.2, 0.25) is 0 Å². The molecule has 0 aromatic heterocycles. The van der Waals surface area contributed by atoms with Crippen LogP contribution in [-0.2, 0) is 23.7 Å². The molecule has 3 aliphatic rings.